The summed E-state index contributed by atoms with van der Waals surface area (Å²) in [4.78, 5) is 37.2. The first-order valence-electron chi connectivity index (χ1n) is 8.35. The van der Waals surface area contributed by atoms with Crippen LogP contribution in [0.25, 0.3) is 0 Å². The maximum atomic E-state index is 12.2. The van der Waals surface area contributed by atoms with Gasteiger partial charge in [-0.25, -0.2) is 4.79 Å². The lowest BCUT2D eigenvalue weighted by atomic mass is 10.2. The summed E-state index contributed by atoms with van der Waals surface area (Å²) in [6.07, 6.45) is 4.12. The number of hydrogen-bond donors (Lipinski definition) is 1. The quantitative estimate of drug-likeness (QED) is 0.813. The third-order valence-electron chi connectivity index (χ3n) is 4.16. The van der Waals surface area contributed by atoms with Crippen LogP contribution in [0.15, 0.2) is 24.3 Å². The van der Waals surface area contributed by atoms with E-state index in [1.807, 2.05) is 0 Å². The molecule has 0 spiro atoms. The Morgan fingerprint density at radius 1 is 1.17 bits per heavy atom. The van der Waals surface area contributed by atoms with Gasteiger partial charge < -0.3 is 15.0 Å². The molecule has 0 aromatic heterocycles. The highest BCUT2D eigenvalue weighted by Gasteiger charge is 2.26. The van der Waals surface area contributed by atoms with E-state index in [1.54, 1.807) is 36.1 Å². The average molecular weight is 332 g/mol. The van der Waals surface area contributed by atoms with E-state index < -0.39 is 0 Å². The Labute approximate surface area is 142 Å². The number of carbonyl (C=O) groups is 3. The monoisotopic (exact) mass is 332 g/mol. The Morgan fingerprint density at radius 2 is 1.79 bits per heavy atom. The summed E-state index contributed by atoms with van der Waals surface area (Å²) >= 11 is 0. The van der Waals surface area contributed by atoms with Crippen molar-refractivity contribution in [2.24, 2.45) is 0 Å². The van der Waals surface area contributed by atoms with Crippen molar-refractivity contribution in [3.8, 4) is 0 Å². The van der Waals surface area contributed by atoms with Gasteiger partial charge in [-0.15, -0.1) is 0 Å². The van der Waals surface area contributed by atoms with Gasteiger partial charge in [-0.1, -0.05) is 12.8 Å². The first-order chi connectivity index (χ1) is 11.5. The number of nitrogens with one attached hydrogen (secondary N) is 1. The standard InChI is InChI=1S/C18H24N2O4/c1-3-24-18(23)14-8-10-15(11-9-14)19-17(22)12-20(13(2)21)16-6-4-5-7-16/h8-11,16H,3-7,12H2,1-2H3,(H,19,22). The molecule has 1 N–H and O–H groups in total. The summed E-state index contributed by atoms with van der Waals surface area (Å²) in [6.45, 7) is 3.62. The van der Waals surface area contributed by atoms with Gasteiger partial charge in [0.15, 0.2) is 0 Å². The average Bonchev–Trinajstić information content (AvgIpc) is 3.07. The number of carbonyl (C=O) groups excluding carboxylic acids is 3. The number of benzene rings is 1. The van der Waals surface area contributed by atoms with Gasteiger partial charge in [0.25, 0.3) is 0 Å². The Bertz CT molecular complexity index is 592. The van der Waals surface area contributed by atoms with Crippen LogP contribution in [0, 0.1) is 0 Å². The summed E-state index contributed by atoms with van der Waals surface area (Å²) in [7, 11) is 0. The number of anilines is 1. The van der Waals surface area contributed by atoms with Gasteiger partial charge in [-0.3, -0.25) is 9.59 Å². The van der Waals surface area contributed by atoms with Gasteiger partial charge in [0.05, 0.1) is 12.2 Å². The second kappa shape index (κ2) is 8.47. The Balaban J connectivity index is 1.93. The summed E-state index contributed by atoms with van der Waals surface area (Å²) in [5.41, 5.74) is 1.02. The minimum Gasteiger partial charge on any atom is -0.462 e. The molecule has 1 aliphatic rings. The predicted octanol–water partition coefficient (Wildman–Crippen LogP) is 2.59. The van der Waals surface area contributed by atoms with E-state index in [4.69, 9.17) is 4.74 Å². The number of rotatable bonds is 6. The molecule has 1 fully saturated rings. The molecule has 0 aliphatic heterocycles. The van der Waals surface area contributed by atoms with Crippen molar-refractivity contribution in [2.45, 2.75) is 45.6 Å². The fourth-order valence-electron chi connectivity index (χ4n) is 2.97. The summed E-state index contributed by atoms with van der Waals surface area (Å²) in [5, 5.41) is 2.76. The zero-order valence-corrected chi connectivity index (χ0v) is 14.2. The molecule has 24 heavy (non-hydrogen) atoms. The van der Waals surface area contributed by atoms with E-state index >= 15 is 0 Å². The van der Waals surface area contributed by atoms with Gasteiger partial charge in [-0.05, 0) is 44.0 Å². The van der Waals surface area contributed by atoms with Crippen molar-refractivity contribution in [2.75, 3.05) is 18.5 Å². The van der Waals surface area contributed by atoms with E-state index in [1.165, 1.54) is 6.92 Å². The van der Waals surface area contributed by atoms with E-state index in [9.17, 15) is 14.4 Å². The first-order valence-corrected chi connectivity index (χ1v) is 8.35. The molecule has 1 aromatic rings. The maximum absolute atomic E-state index is 12.2. The van der Waals surface area contributed by atoms with Crippen molar-refractivity contribution in [3.63, 3.8) is 0 Å². The minimum absolute atomic E-state index is 0.0552. The van der Waals surface area contributed by atoms with Crippen LogP contribution in [-0.2, 0) is 14.3 Å². The Morgan fingerprint density at radius 3 is 2.33 bits per heavy atom. The zero-order chi connectivity index (χ0) is 17.5. The van der Waals surface area contributed by atoms with Gasteiger partial charge >= 0.3 is 5.97 Å². The lowest BCUT2D eigenvalue weighted by molar-refractivity contribution is -0.135. The fourth-order valence-corrected chi connectivity index (χ4v) is 2.97. The van der Waals surface area contributed by atoms with Crippen molar-refractivity contribution >= 4 is 23.5 Å². The molecule has 1 saturated carbocycles. The van der Waals surface area contributed by atoms with Crippen LogP contribution in [0.4, 0.5) is 5.69 Å². The van der Waals surface area contributed by atoms with Crippen LogP contribution in [-0.4, -0.2) is 41.9 Å². The summed E-state index contributed by atoms with van der Waals surface area (Å²) in [6, 6.07) is 6.68. The third kappa shape index (κ3) is 4.81. The molecule has 0 radical (unpaired) electrons. The number of nitrogens with zero attached hydrogens (tertiary/aromatic N) is 1. The second-order valence-corrected chi connectivity index (χ2v) is 5.93. The van der Waals surface area contributed by atoms with E-state index in [-0.39, 0.29) is 30.4 Å². The van der Waals surface area contributed by atoms with Crippen LogP contribution in [0.2, 0.25) is 0 Å². The Hall–Kier alpha value is -2.37. The van der Waals surface area contributed by atoms with Crippen molar-refractivity contribution in [1.82, 2.24) is 4.90 Å². The van der Waals surface area contributed by atoms with Crippen molar-refractivity contribution in [3.05, 3.63) is 29.8 Å². The normalized spacial score (nSPS) is 14.2. The van der Waals surface area contributed by atoms with Crippen molar-refractivity contribution in [1.29, 1.82) is 0 Å². The molecule has 6 heteroatoms. The SMILES string of the molecule is CCOC(=O)c1ccc(NC(=O)CN(C(C)=O)C2CCCC2)cc1. The maximum Gasteiger partial charge on any atom is 0.338 e. The molecule has 0 saturated heterocycles. The molecule has 130 valence electrons. The van der Waals surface area contributed by atoms with Gasteiger partial charge in [-0.2, -0.15) is 0 Å². The third-order valence-corrected chi connectivity index (χ3v) is 4.16. The summed E-state index contributed by atoms with van der Waals surface area (Å²) in [5.74, 6) is -0.699. The molecule has 0 unspecified atom stereocenters. The van der Waals surface area contributed by atoms with Gasteiger partial charge in [0.2, 0.25) is 11.8 Å². The highest BCUT2D eigenvalue weighted by atomic mass is 16.5. The smallest absolute Gasteiger partial charge is 0.338 e. The van der Waals surface area contributed by atoms with Crippen LogP contribution < -0.4 is 5.32 Å². The molecule has 1 aliphatic carbocycles. The van der Waals surface area contributed by atoms with Gasteiger partial charge in [0.1, 0.15) is 6.54 Å². The van der Waals surface area contributed by atoms with Crippen LogP contribution in [0.1, 0.15) is 49.9 Å². The van der Waals surface area contributed by atoms with E-state index in [0.29, 0.717) is 17.9 Å². The number of amides is 2. The minimum atomic E-state index is -0.389. The molecule has 1 aromatic carbocycles. The molecular weight excluding hydrogens is 308 g/mol. The molecule has 0 atom stereocenters. The highest BCUT2D eigenvalue weighted by molar-refractivity contribution is 5.95. The Kier molecular flexibility index (Phi) is 6.35. The molecule has 0 bridgehead atoms. The van der Waals surface area contributed by atoms with E-state index in [0.717, 1.165) is 25.7 Å². The molecular formula is C18H24N2O4. The number of ether oxygens (including phenoxy) is 1. The van der Waals surface area contributed by atoms with Crippen LogP contribution >= 0.6 is 0 Å². The summed E-state index contributed by atoms with van der Waals surface area (Å²) < 4.78 is 4.91. The van der Waals surface area contributed by atoms with Gasteiger partial charge in [0, 0.05) is 18.7 Å². The largest absolute Gasteiger partial charge is 0.462 e. The number of hydrogen-bond acceptors (Lipinski definition) is 4. The topological polar surface area (TPSA) is 75.7 Å². The van der Waals surface area contributed by atoms with Crippen molar-refractivity contribution < 1.29 is 19.1 Å². The lowest BCUT2D eigenvalue weighted by Gasteiger charge is -2.27. The predicted molar refractivity (Wildman–Crippen MR) is 90.7 cm³/mol. The highest BCUT2D eigenvalue weighted by Crippen LogP contribution is 2.23. The molecule has 6 nitrogen and oxygen atoms in total. The molecule has 2 rings (SSSR count). The molecule has 2 amide bonds. The number of esters is 1. The lowest BCUT2D eigenvalue weighted by Crippen LogP contribution is -2.42. The second-order valence-electron chi connectivity index (χ2n) is 5.93. The zero-order valence-electron chi connectivity index (χ0n) is 14.2. The van der Waals surface area contributed by atoms with Crippen LogP contribution in [0.3, 0.4) is 0 Å². The van der Waals surface area contributed by atoms with E-state index in [2.05, 4.69) is 5.32 Å². The molecule has 0 heterocycles. The van der Waals surface area contributed by atoms with Crippen LogP contribution in [0.5, 0.6) is 0 Å². The first kappa shape index (κ1) is 18.0. The fraction of sp³-hybridized carbons (Fsp3) is 0.500.